The highest BCUT2D eigenvalue weighted by molar-refractivity contribution is 8.00. The molecule has 0 aromatic heterocycles. The minimum absolute atomic E-state index is 0.00913. The molecule has 1 aromatic rings. The molecule has 2 heterocycles. The summed E-state index contributed by atoms with van der Waals surface area (Å²) in [5, 5.41) is 0.0453. The number of rotatable bonds is 8. The van der Waals surface area contributed by atoms with Crippen LogP contribution >= 0.6 is 11.8 Å². The number of benzene rings is 1. The summed E-state index contributed by atoms with van der Waals surface area (Å²) in [5.74, 6) is 0.433. The minimum atomic E-state index is -0.656. The van der Waals surface area contributed by atoms with E-state index in [2.05, 4.69) is 0 Å². The molecule has 2 aliphatic heterocycles. The van der Waals surface area contributed by atoms with Gasteiger partial charge in [0, 0.05) is 25.1 Å². The van der Waals surface area contributed by atoms with Crippen LogP contribution < -0.4 is 0 Å². The smallest absolute Gasteiger partial charge is 0.310 e. The first-order valence-electron chi connectivity index (χ1n) is 9.13. The van der Waals surface area contributed by atoms with Gasteiger partial charge in [0.1, 0.15) is 17.8 Å². The van der Waals surface area contributed by atoms with Crippen LogP contribution in [0.1, 0.15) is 32.3 Å². The molecule has 0 bridgehead atoms. The maximum atomic E-state index is 12.4. The van der Waals surface area contributed by atoms with E-state index in [1.165, 1.54) is 0 Å². The standard InChI is InChI=1S/C20H25NO4S/c1-13(2)10-15(22)12-16(18-19(24)21-8-9-26-20(18)21)25-17(23)11-14-6-4-3-5-7-14/h3-7,13,16,18,20H,8-12H2,1-2H3. The summed E-state index contributed by atoms with van der Waals surface area (Å²) in [6, 6.07) is 9.36. The van der Waals surface area contributed by atoms with Crippen LogP contribution in [0.2, 0.25) is 0 Å². The van der Waals surface area contributed by atoms with Crippen molar-refractivity contribution in [2.24, 2.45) is 11.8 Å². The Morgan fingerprint density at radius 3 is 2.65 bits per heavy atom. The van der Waals surface area contributed by atoms with Gasteiger partial charge in [0.2, 0.25) is 5.91 Å². The number of thioether (sulfide) groups is 1. The number of Topliss-reactive ketones (excluding diaryl/α,β-unsaturated/α-hetero) is 1. The van der Waals surface area contributed by atoms with Crippen molar-refractivity contribution in [1.29, 1.82) is 0 Å². The van der Waals surface area contributed by atoms with Crippen molar-refractivity contribution in [1.82, 2.24) is 4.90 Å². The van der Waals surface area contributed by atoms with Crippen LogP contribution in [0, 0.1) is 11.8 Å². The fourth-order valence-electron chi connectivity index (χ4n) is 3.57. The Labute approximate surface area is 158 Å². The molecule has 0 saturated carbocycles. The van der Waals surface area contributed by atoms with Crippen LogP contribution in [0.3, 0.4) is 0 Å². The number of fused-ring (bicyclic) bond motifs is 1. The predicted octanol–water partition coefficient (Wildman–Crippen LogP) is 2.68. The maximum Gasteiger partial charge on any atom is 0.310 e. The summed E-state index contributed by atoms with van der Waals surface area (Å²) < 4.78 is 5.67. The number of ketones is 1. The average Bonchev–Trinajstić information content (AvgIpc) is 2.98. The van der Waals surface area contributed by atoms with E-state index in [0.29, 0.717) is 6.42 Å². The van der Waals surface area contributed by atoms with E-state index in [4.69, 9.17) is 4.74 Å². The summed E-state index contributed by atoms with van der Waals surface area (Å²) in [6.45, 7) is 4.71. The molecule has 3 atom stereocenters. The molecule has 0 spiro atoms. The van der Waals surface area contributed by atoms with Gasteiger partial charge >= 0.3 is 5.97 Å². The normalized spacial score (nSPS) is 22.7. The van der Waals surface area contributed by atoms with Crippen LogP contribution in [0.5, 0.6) is 0 Å². The lowest BCUT2D eigenvalue weighted by atomic mass is 9.87. The van der Waals surface area contributed by atoms with Gasteiger partial charge in [-0.05, 0) is 11.5 Å². The Morgan fingerprint density at radius 1 is 1.23 bits per heavy atom. The zero-order valence-electron chi connectivity index (χ0n) is 15.2. The molecule has 0 radical (unpaired) electrons. The van der Waals surface area contributed by atoms with Gasteiger partial charge in [0.05, 0.1) is 11.8 Å². The Balaban J connectivity index is 1.67. The van der Waals surface area contributed by atoms with Gasteiger partial charge in [-0.15, -0.1) is 11.8 Å². The van der Waals surface area contributed by atoms with Gasteiger partial charge in [-0.1, -0.05) is 44.2 Å². The van der Waals surface area contributed by atoms with Crippen molar-refractivity contribution in [3.05, 3.63) is 35.9 Å². The average molecular weight is 375 g/mol. The van der Waals surface area contributed by atoms with Crippen molar-refractivity contribution in [3.8, 4) is 0 Å². The Morgan fingerprint density at radius 2 is 1.96 bits per heavy atom. The molecule has 3 rings (SSSR count). The van der Waals surface area contributed by atoms with E-state index in [9.17, 15) is 14.4 Å². The molecule has 1 amide bonds. The monoisotopic (exact) mass is 375 g/mol. The zero-order valence-corrected chi connectivity index (χ0v) is 16.0. The topological polar surface area (TPSA) is 63.7 Å². The molecule has 2 saturated heterocycles. The molecule has 2 aliphatic rings. The minimum Gasteiger partial charge on any atom is -0.461 e. The summed E-state index contributed by atoms with van der Waals surface area (Å²) in [4.78, 5) is 39.0. The number of hydrogen-bond acceptors (Lipinski definition) is 5. The summed E-state index contributed by atoms with van der Waals surface area (Å²) in [6.07, 6.45) is 0.0599. The number of ether oxygens (including phenoxy) is 1. The summed E-state index contributed by atoms with van der Waals surface area (Å²) >= 11 is 1.71. The Hall–Kier alpha value is -1.82. The van der Waals surface area contributed by atoms with Crippen molar-refractivity contribution in [3.63, 3.8) is 0 Å². The van der Waals surface area contributed by atoms with Crippen molar-refractivity contribution in [2.75, 3.05) is 12.3 Å². The van der Waals surface area contributed by atoms with Crippen LogP contribution in [-0.4, -0.2) is 46.3 Å². The molecule has 140 valence electrons. The Kier molecular flexibility index (Phi) is 6.01. The lowest BCUT2D eigenvalue weighted by Gasteiger charge is -2.44. The van der Waals surface area contributed by atoms with Crippen molar-refractivity contribution in [2.45, 2.75) is 44.6 Å². The van der Waals surface area contributed by atoms with E-state index in [1.807, 2.05) is 49.1 Å². The van der Waals surface area contributed by atoms with Gasteiger partial charge in [0.25, 0.3) is 0 Å². The second-order valence-corrected chi connectivity index (χ2v) is 8.57. The molecule has 1 aromatic carbocycles. The summed E-state index contributed by atoms with van der Waals surface area (Å²) in [7, 11) is 0. The quantitative estimate of drug-likeness (QED) is 0.516. The molecule has 26 heavy (non-hydrogen) atoms. The molecule has 2 fully saturated rings. The fraction of sp³-hybridized carbons (Fsp3) is 0.550. The lowest BCUT2D eigenvalue weighted by Crippen LogP contribution is -2.61. The lowest BCUT2D eigenvalue weighted by molar-refractivity contribution is -0.168. The van der Waals surface area contributed by atoms with Gasteiger partial charge < -0.3 is 9.64 Å². The highest BCUT2D eigenvalue weighted by Crippen LogP contribution is 2.43. The first kappa shape index (κ1) is 19.0. The number of carbonyl (C=O) groups is 3. The second-order valence-electron chi connectivity index (χ2n) is 7.35. The first-order chi connectivity index (χ1) is 12.5. The third kappa shape index (κ3) is 4.29. The maximum absolute atomic E-state index is 12.4. The number of carbonyl (C=O) groups excluding carboxylic acids is 3. The second kappa shape index (κ2) is 8.25. The molecule has 6 heteroatoms. The highest BCUT2D eigenvalue weighted by Gasteiger charge is 2.55. The van der Waals surface area contributed by atoms with Crippen LogP contribution in [0.25, 0.3) is 0 Å². The van der Waals surface area contributed by atoms with E-state index in [-0.39, 0.29) is 41.8 Å². The number of hydrogen-bond donors (Lipinski definition) is 0. The number of β-lactam (4-membered cyclic amide) rings is 1. The third-order valence-electron chi connectivity index (χ3n) is 4.74. The predicted molar refractivity (Wildman–Crippen MR) is 101 cm³/mol. The number of esters is 1. The van der Waals surface area contributed by atoms with Gasteiger partial charge in [-0.2, -0.15) is 0 Å². The molecule has 0 N–H and O–H groups in total. The Bertz CT molecular complexity index is 676. The van der Waals surface area contributed by atoms with Gasteiger partial charge in [0.15, 0.2) is 0 Å². The third-order valence-corrected chi connectivity index (χ3v) is 6.05. The largest absolute Gasteiger partial charge is 0.461 e. The molecule has 0 aliphatic carbocycles. The molecular formula is C20H25NO4S. The molecule has 3 unspecified atom stereocenters. The highest BCUT2D eigenvalue weighted by atomic mass is 32.2. The number of nitrogens with zero attached hydrogens (tertiary/aromatic N) is 1. The molecule has 5 nitrogen and oxygen atoms in total. The molecular weight excluding hydrogens is 350 g/mol. The van der Waals surface area contributed by atoms with Crippen LogP contribution in [-0.2, 0) is 25.5 Å². The van der Waals surface area contributed by atoms with E-state index < -0.39 is 12.0 Å². The first-order valence-corrected chi connectivity index (χ1v) is 10.2. The van der Waals surface area contributed by atoms with Crippen LogP contribution in [0.4, 0.5) is 0 Å². The van der Waals surface area contributed by atoms with Crippen molar-refractivity contribution >= 4 is 29.4 Å². The van der Waals surface area contributed by atoms with Crippen LogP contribution in [0.15, 0.2) is 30.3 Å². The zero-order chi connectivity index (χ0) is 18.7. The van der Waals surface area contributed by atoms with E-state index in [1.54, 1.807) is 11.8 Å². The van der Waals surface area contributed by atoms with E-state index >= 15 is 0 Å². The van der Waals surface area contributed by atoms with Gasteiger partial charge in [-0.3, -0.25) is 14.4 Å². The van der Waals surface area contributed by atoms with Gasteiger partial charge in [-0.25, -0.2) is 0 Å². The van der Waals surface area contributed by atoms with E-state index in [0.717, 1.165) is 17.9 Å². The van der Waals surface area contributed by atoms with Crippen molar-refractivity contribution < 1.29 is 19.1 Å². The fourth-order valence-corrected chi connectivity index (χ4v) is 5.01. The summed E-state index contributed by atoms with van der Waals surface area (Å²) in [5.41, 5.74) is 0.863. The SMILES string of the molecule is CC(C)CC(=O)CC(OC(=O)Cc1ccccc1)C1C(=O)N2CCSC12. The number of amides is 1.